The summed E-state index contributed by atoms with van der Waals surface area (Å²) in [7, 11) is -2.65. The molecule has 1 unspecified atom stereocenters. The highest BCUT2D eigenvalue weighted by Gasteiger charge is 2.46. The highest BCUT2D eigenvalue weighted by molar-refractivity contribution is 7.95. The summed E-state index contributed by atoms with van der Waals surface area (Å²) in [6.07, 6.45) is 0. The molecule has 34 heavy (non-hydrogen) atoms. The predicted octanol–water partition coefficient (Wildman–Crippen LogP) is 3.75. The molecular formula is C25H21NO7S. The summed E-state index contributed by atoms with van der Waals surface area (Å²) < 4.78 is 43.2. The van der Waals surface area contributed by atoms with Crippen molar-refractivity contribution in [1.82, 2.24) is 4.90 Å². The summed E-state index contributed by atoms with van der Waals surface area (Å²) >= 11 is 0. The molecule has 2 aliphatic heterocycles. The van der Waals surface area contributed by atoms with Gasteiger partial charge < -0.3 is 24.2 Å². The van der Waals surface area contributed by atoms with Crippen molar-refractivity contribution in [2.24, 2.45) is 0 Å². The number of aliphatic hydroxyl groups is 1. The van der Waals surface area contributed by atoms with Crippen LogP contribution in [0.3, 0.4) is 0 Å². The third-order valence-electron chi connectivity index (χ3n) is 5.82. The molecule has 2 aliphatic rings. The molecule has 0 saturated heterocycles. The van der Waals surface area contributed by atoms with Crippen LogP contribution in [0.15, 0.2) is 88.4 Å². The van der Waals surface area contributed by atoms with Gasteiger partial charge >= 0.3 is 0 Å². The number of amides is 1. The van der Waals surface area contributed by atoms with Gasteiger partial charge in [0.25, 0.3) is 5.91 Å². The van der Waals surface area contributed by atoms with Crippen LogP contribution in [0.1, 0.15) is 17.2 Å². The van der Waals surface area contributed by atoms with E-state index < -0.39 is 27.5 Å². The van der Waals surface area contributed by atoms with Crippen LogP contribution in [0.25, 0.3) is 0 Å². The SMILES string of the molecule is COc1ccc(C2C(S(=O)(=O)c3ccccc3)=C(O)C(=O)N2Cc2ccc3c(c2)OCO3)cc1. The number of benzene rings is 3. The van der Waals surface area contributed by atoms with Gasteiger partial charge in [-0.15, -0.1) is 0 Å². The van der Waals surface area contributed by atoms with Gasteiger partial charge in [0, 0.05) is 6.54 Å². The number of hydrogen-bond donors (Lipinski definition) is 1. The van der Waals surface area contributed by atoms with Crippen molar-refractivity contribution in [3.8, 4) is 17.2 Å². The van der Waals surface area contributed by atoms with Gasteiger partial charge in [0.1, 0.15) is 10.7 Å². The van der Waals surface area contributed by atoms with Crippen molar-refractivity contribution in [2.45, 2.75) is 17.5 Å². The number of hydrogen-bond acceptors (Lipinski definition) is 7. The molecule has 1 atom stereocenters. The molecule has 0 saturated carbocycles. The molecule has 0 radical (unpaired) electrons. The Balaban J connectivity index is 1.60. The van der Waals surface area contributed by atoms with Crippen LogP contribution < -0.4 is 14.2 Å². The normalized spacial score (nSPS) is 17.4. The van der Waals surface area contributed by atoms with E-state index in [9.17, 15) is 18.3 Å². The summed E-state index contributed by atoms with van der Waals surface area (Å²) in [5.41, 5.74) is 1.22. The van der Waals surface area contributed by atoms with Crippen LogP contribution >= 0.6 is 0 Å². The van der Waals surface area contributed by atoms with Crippen molar-refractivity contribution < 1.29 is 32.5 Å². The molecule has 5 rings (SSSR count). The quantitative estimate of drug-likeness (QED) is 0.574. The lowest BCUT2D eigenvalue weighted by Gasteiger charge is -2.27. The second-order valence-electron chi connectivity index (χ2n) is 7.83. The largest absolute Gasteiger partial charge is 0.502 e. The topological polar surface area (TPSA) is 102 Å². The number of rotatable bonds is 6. The summed E-state index contributed by atoms with van der Waals surface area (Å²) in [6.45, 7) is 0.155. The number of sulfone groups is 1. The Labute approximate surface area is 196 Å². The lowest BCUT2D eigenvalue weighted by Crippen LogP contribution is -2.30. The average Bonchev–Trinajstić information content (AvgIpc) is 3.43. The number of nitrogens with zero attached hydrogens (tertiary/aromatic N) is 1. The molecule has 0 aliphatic carbocycles. The van der Waals surface area contributed by atoms with Gasteiger partial charge in [0.05, 0.1) is 18.0 Å². The fraction of sp³-hybridized carbons (Fsp3) is 0.160. The van der Waals surface area contributed by atoms with Crippen LogP contribution in [-0.4, -0.2) is 38.2 Å². The standard InChI is InChI=1S/C25H21NO7S/c1-31-18-10-8-17(9-11-18)22-24(34(29,30)19-5-3-2-4-6-19)23(27)25(28)26(22)14-16-7-12-20-21(13-16)33-15-32-20/h2-13,22,27H,14-15H2,1H3. The molecule has 3 aromatic rings. The number of ether oxygens (including phenoxy) is 3. The molecule has 2 heterocycles. The second kappa shape index (κ2) is 8.42. The number of aliphatic hydroxyl groups excluding tert-OH is 1. The first kappa shape index (κ1) is 21.8. The zero-order valence-corrected chi connectivity index (χ0v) is 19.0. The van der Waals surface area contributed by atoms with E-state index in [2.05, 4.69) is 0 Å². The van der Waals surface area contributed by atoms with E-state index in [1.54, 1.807) is 60.7 Å². The van der Waals surface area contributed by atoms with Crippen molar-refractivity contribution >= 4 is 15.7 Å². The molecular weight excluding hydrogens is 458 g/mol. The Morgan fingerprint density at radius 2 is 1.71 bits per heavy atom. The van der Waals surface area contributed by atoms with Gasteiger partial charge in [0.2, 0.25) is 16.6 Å². The van der Waals surface area contributed by atoms with Crippen molar-refractivity contribution in [1.29, 1.82) is 0 Å². The number of carbonyl (C=O) groups is 1. The van der Waals surface area contributed by atoms with Crippen molar-refractivity contribution in [2.75, 3.05) is 13.9 Å². The van der Waals surface area contributed by atoms with Crippen LogP contribution in [0, 0.1) is 0 Å². The number of fused-ring (bicyclic) bond motifs is 1. The zero-order chi connectivity index (χ0) is 23.9. The van der Waals surface area contributed by atoms with E-state index in [-0.39, 0.29) is 23.1 Å². The fourth-order valence-corrected chi connectivity index (χ4v) is 5.82. The second-order valence-corrected chi connectivity index (χ2v) is 9.74. The molecule has 0 spiro atoms. The minimum Gasteiger partial charge on any atom is -0.502 e. The van der Waals surface area contributed by atoms with Crippen LogP contribution in [-0.2, 0) is 21.2 Å². The Hall–Kier alpha value is -3.98. The molecule has 9 heteroatoms. The number of carbonyl (C=O) groups excluding carboxylic acids is 1. The van der Waals surface area contributed by atoms with E-state index in [1.807, 2.05) is 0 Å². The number of methoxy groups -OCH3 is 1. The lowest BCUT2D eigenvalue weighted by molar-refractivity contribution is -0.130. The molecule has 0 fully saturated rings. The minimum atomic E-state index is -4.18. The Bertz CT molecular complexity index is 1380. The molecule has 1 amide bonds. The molecule has 0 aromatic heterocycles. The fourth-order valence-electron chi connectivity index (χ4n) is 4.15. The Kier molecular flexibility index (Phi) is 5.41. The van der Waals surface area contributed by atoms with Gasteiger partial charge in [0.15, 0.2) is 17.3 Å². The predicted molar refractivity (Wildman–Crippen MR) is 122 cm³/mol. The average molecular weight is 480 g/mol. The summed E-state index contributed by atoms with van der Waals surface area (Å²) in [6, 6.07) is 18.7. The minimum absolute atomic E-state index is 0.00667. The van der Waals surface area contributed by atoms with E-state index in [0.717, 1.165) is 0 Å². The smallest absolute Gasteiger partial charge is 0.290 e. The van der Waals surface area contributed by atoms with Gasteiger partial charge in [-0.2, -0.15) is 0 Å². The molecule has 0 bridgehead atoms. The van der Waals surface area contributed by atoms with Gasteiger partial charge in [-0.05, 0) is 47.5 Å². The molecule has 3 aromatic carbocycles. The zero-order valence-electron chi connectivity index (χ0n) is 18.2. The van der Waals surface area contributed by atoms with Crippen LogP contribution in [0.2, 0.25) is 0 Å². The van der Waals surface area contributed by atoms with Gasteiger partial charge in [-0.25, -0.2) is 8.42 Å². The third kappa shape index (κ3) is 3.63. The monoisotopic (exact) mass is 479 g/mol. The highest BCUT2D eigenvalue weighted by atomic mass is 32.2. The van der Waals surface area contributed by atoms with E-state index in [1.165, 1.54) is 24.1 Å². The van der Waals surface area contributed by atoms with Crippen molar-refractivity contribution in [3.05, 3.63) is 94.6 Å². The highest BCUT2D eigenvalue weighted by Crippen LogP contribution is 2.44. The maximum Gasteiger partial charge on any atom is 0.290 e. The first-order chi connectivity index (χ1) is 16.4. The van der Waals surface area contributed by atoms with E-state index in [0.29, 0.717) is 28.4 Å². The van der Waals surface area contributed by atoms with E-state index >= 15 is 0 Å². The maximum atomic E-state index is 13.6. The Morgan fingerprint density at radius 3 is 2.41 bits per heavy atom. The first-order valence-corrected chi connectivity index (χ1v) is 11.9. The van der Waals surface area contributed by atoms with Crippen molar-refractivity contribution in [3.63, 3.8) is 0 Å². The van der Waals surface area contributed by atoms with Crippen LogP contribution in [0.5, 0.6) is 17.2 Å². The molecule has 8 nitrogen and oxygen atoms in total. The van der Waals surface area contributed by atoms with E-state index in [4.69, 9.17) is 14.2 Å². The molecule has 174 valence electrons. The summed E-state index contributed by atoms with van der Waals surface area (Å²) in [5, 5.41) is 10.8. The van der Waals surface area contributed by atoms with Gasteiger partial charge in [-0.1, -0.05) is 36.4 Å². The lowest BCUT2D eigenvalue weighted by atomic mass is 10.1. The van der Waals surface area contributed by atoms with Gasteiger partial charge in [-0.3, -0.25) is 4.79 Å². The summed E-state index contributed by atoms with van der Waals surface area (Å²) in [5.74, 6) is 0.158. The summed E-state index contributed by atoms with van der Waals surface area (Å²) in [4.78, 5) is 14.2. The Morgan fingerprint density at radius 1 is 1.00 bits per heavy atom. The first-order valence-electron chi connectivity index (χ1n) is 10.5. The third-order valence-corrected chi connectivity index (χ3v) is 7.71. The molecule has 1 N–H and O–H groups in total. The van der Waals surface area contributed by atoms with Crippen LogP contribution in [0.4, 0.5) is 0 Å². The maximum absolute atomic E-state index is 13.6.